The zero-order valence-corrected chi connectivity index (χ0v) is 13.9. The number of carbonyl (C=O) groups is 1. The van der Waals surface area contributed by atoms with Crippen LogP contribution in [0, 0.1) is 11.2 Å². The molecule has 0 heterocycles. The van der Waals surface area contributed by atoms with Crippen LogP contribution in [0.5, 0.6) is 11.5 Å². The normalized spacial score (nSPS) is 17.3. The van der Waals surface area contributed by atoms with Crippen LogP contribution in [-0.4, -0.2) is 11.6 Å². The second-order valence-corrected chi connectivity index (χ2v) is 6.98. The van der Waals surface area contributed by atoms with Crippen molar-refractivity contribution in [2.45, 2.75) is 65.4 Å². The first-order chi connectivity index (χ1) is 10.3. The average molecular weight is 308 g/mol. The van der Waals surface area contributed by atoms with Gasteiger partial charge in [-0.05, 0) is 65.0 Å². The van der Waals surface area contributed by atoms with E-state index in [9.17, 15) is 9.18 Å². The Kier molecular flexibility index (Phi) is 4.78. The molecule has 22 heavy (non-hydrogen) atoms. The van der Waals surface area contributed by atoms with Crippen LogP contribution in [0.1, 0.15) is 59.8 Å². The Bertz CT molecular complexity index is 545. The molecule has 1 aromatic carbocycles. The Morgan fingerprint density at radius 3 is 2.55 bits per heavy atom. The fourth-order valence-corrected chi connectivity index (χ4v) is 2.51. The zero-order chi connectivity index (χ0) is 16.4. The minimum Gasteiger partial charge on any atom is -0.484 e. The first-order valence-corrected chi connectivity index (χ1v) is 7.97. The Morgan fingerprint density at radius 1 is 1.32 bits per heavy atom. The van der Waals surface area contributed by atoms with Gasteiger partial charge in [0.1, 0.15) is 11.4 Å². The van der Waals surface area contributed by atoms with Gasteiger partial charge in [0.15, 0.2) is 11.6 Å². The van der Waals surface area contributed by atoms with Crippen LogP contribution >= 0.6 is 0 Å². The van der Waals surface area contributed by atoms with Gasteiger partial charge in [0.2, 0.25) is 0 Å². The zero-order valence-electron chi connectivity index (χ0n) is 13.9. The fraction of sp³-hybridized carbons (Fsp3) is 0.611. The minimum absolute atomic E-state index is 0.156. The van der Waals surface area contributed by atoms with Gasteiger partial charge in [0.25, 0.3) is 0 Å². The third kappa shape index (κ3) is 3.79. The highest BCUT2D eigenvalue weighted by Gasteiger charge is 2.32. The van der Waals surface area contributed by atoms with Gasteiger partial charge < -0.3 is 9.47 Å². The average Bonchev–Trinajstić information content (AvgIpc) is 2.89. The van der Waals surface area contributed by atoms with Crippen molar-refractivity contribution < 1.29 is 18.7 Å². The van der Waals surface area contributed by atoms with Crippen molar-refractivity contribution in [1.82, 2.24) is 0 Å². The highest BCUT2D eigenvalue weighted by atomic mass is 19.1. The van der Waals surface area contributed by atoms with Crippen molar-refractivity contribution >= 4 is 5.97 Å². The molecule has 0 bridgehead atoms. The minimum atomic E-state index is -0.563. The topological polar surface area (TPSA) is 35.5 Å². The largest absolute Gasteiger partial charge is 0.484 e. The summed E-state index contributed by atoms with van der Waals surface area (Å²) in [4.78, 5) is 12.1. The lowest BCUT2D eigenvalue weighted by molar-refractivity contribution is -0.144. The molecule has 122 valence electrons. The SMILES string of the molecule is CCC(C)(C)C(=O)Oc1ccc(F)c(OC2(C)CCCC2)c1. The molecule has 4 heteroatoms. The van der Waals surface area contributed by atoms with Crippen molar-refractivity contribution in [2.75, 3.05) is 0 Å². The lowest BCUT2D eigenvalue weighted by Gasteiger charge is -2.26. The number of benzene rings is 1. The molecule has 1 fully saturated rings. The molecule has 0 N–H and O–H groups in total. The van der Waals surface area contributed by atoms with E-state index in [0.29, 0.717) is 12.2 Å². The van der Waals surface area contributed by atoms with Crippen molar-refractivity contribution in [3.8, 4) is 11.5 Å². The molecule has 1 aromatic rings. The van der Waals surface area contributed by atoms with E-state index < -0.39 is 11.2 Å². The van der Waals surface area contributed by atoms with Crippen molar-refractivity contribution in [3.05, 3.63) is 24.0 Å². The summed E-state index contributed by atoms with van der Waals surface area (Å²) in [5, 5.41) is 0. The molecule has 0 spiro atoms. The maximum absolute atomic E-state index is 14.0. The third-order valence-corrected chi connectivity index (χ3v) is 4.57. The van der Waals surface area contributed by atoms with Gasteiger partial charge in [-0.3, -0.25) is 4.79 Å². The summed E-state index contributed by atoms with van der Waals surface area (Å²) in [5.74, 6) is -0.268. The molecule has 0 amide bonds. The second kappa shape index (κ2) is 6.27. The lowest BCUT2D eigenvalue weighted by Crippen LogP contribution is -2.29. The molecule has 0 saturated heterocycles. The molecule has 1 saturated carbocycles. The Hall–Kier alpha value is -1.58. The van der Waals surface area contributed by atoms with Crippen LogP contribution in [0.3, 0.4) is 0 Å². The van der Waals surface area contributed by atoms with Gasteiger partial charge in [-0.25, -0.2) is 4.39 Å². The van der Waals surface area contributed by atoms with E-state index in [0.717, 1.165) is 25.7 Å². The van der Waals surface area contributed by atoms with E-state index in [4.69, 9.17) is 9.47 Å². The van der Waals surface area contributed by atoms with Crippen LogP contribution in [-0.2, 0) is 4.79 Å². The van der Waals surface area contributed by atoms with Gasteiger partial charge >= 0.3 is 5.97 Å². The number of hydrogen-bond acceptors (Lipinski definition) is 3. The number of esters is 1. The maximum atomic E-state index is 14.0. The molecule has 0 aliphatic heterocycles. The lowest BCUT2D eigenvalue weighted by atomic mass is 9.91. The van der Waals surface area contributed by atoms with Crippen LogP contribution in [0.25, 0.3) is 0 Å². The molecule has 3 nitrogen and oxygen atoms in total. The molecule has 0 aromatic heterocycles. The highest BCUT2D eigenvalue weighted by molar-refractivity contribution is 5.78. The van der Waals surface area contributed by atoms with Gasteiger partial charge in [-0.1, -0.05) is 6.92 Å². The quantitative estimate of drug-likeness (QED) is 0.574. The van der Waals surface area contributed by atoms with E-state index in [2.05, 4.69) is 0 Å². The number of carbonyl (C=O) groups excluding carboxylic acids is 1. The number of halogens is 1. The van der Waals surface area contributed by atoms with Gasteiger partial charge in [-0.2, -0.15) is 0 Å². The molecule has 0 radical (unpaired) electrons. The molecule has 1 aliphatic rings. The summed E-state index contributed by atoms with van der Waals surface area (Å²) >= 11 is 0. The summed E-state index contributed by atoms with van der Waals surface area (Å²) in [6, 6.07) is 4.22. The molecule has 0 unspecified atom stereocenters. The first kappa shape index (κ1) is 16.8. The van der Waals surface area contributed by atoms with Gasteiger partial charge in [0, 0.05) is 6.07 Å². The summed E-state index contributed by atoms with van der Waals surface area (Å²) in [7, 11) is 0. The van der Waals surface area contributed by atoms with Crippen LogP contribution in [0.2, 0.25) is 0 Å². The summed E-state index contributed by atoms with van der Waals surface area (Å²) in [5.41, 5.74) is -0.890. The standard InChI is InChI=1S/C18H25FO3/c1-5-17(2,3)16(20)21-13-8-9-14(19)15(12-13)22-18(4)10-6-7-11-18/h8-9,12H,5-7,10-11H2,1-4H3. The van der Waals surface area contributed by atoms with Crippen molar-refractivity contribution in [1.29, 1.82) is 0 Å². The van der Waals surface area contributed by atoms with Crippen LogP contribution < -0.4 is 9.47 Å². The highest BCUT2D eigenvalue weighted by Crippen LogP contribution is 2.36. The van der Waals surface area contributed by atoms with Gasteiger partial charge in [-0.15, -0.1) is 0 Å². The van der Waals surface area contributed by atoms with Crippen LogP contribution in [0.4, 0.5) is 4.39 Å². The van der Waals surface area contributed by atoms with E-state index >= 15 is 0 Å². The monoisotopic (exact) mass is 308 g/mol. The Morgan fingerprint density at radius 2 is 1.95 bits per heavy atom. The molecular weight excluding hydrogens is 283 g/mol. The summed E-state index contributed by atoms with van der Waals surface area (Å²) in [6.07, 6.45) is 4.70. The molecule has 1 aliphatic carbocycles. The van der Waals surface area contributed by atoms with E-state index in [1.807, 2.05) is 27.7 Å². The Balaban J connectivity index is 2.14. The second-order valence-electron chi connectivity index (χ2n) is 6.98. The smallest absolute Gasteiger partial charge is 0.316 e. The summed E-state index contributed by atoms with van der Waals surface area (Å²) in [6.45, 7) is 7.59. The predicted molar refractivity (Wildman–Crippen MR) is 83.6 cm³/mol. The molecule has 2 rings (SSSR count). The van der Waals surface area contributed by atoms with Crippen LogP contribution in [0.15, 0.2) is 18.2 Å². The molecular formula is C18H25FO3. The number of hydrogen-bond donors (Lipinski definition) is 0. The third-order valence-electron chi connectivity index (χ3n) is 4.57. The maximum Gasteiger partial charge on any atom is 0.316 e. The number of rotatable bonds is 5. The number of ether oxygens (including phenoxy) is 2. The fourth-order valence-electron chi connectivity index (χ4n) is 2.51. The van der Waals surface area contributed by atoms with Crippen molar-refractivity contribution in [3.63, 3.8) is 0 Å². The van der Waals surface area contributed by atoms with E-state index in [1.54, 1.807) is 0 Å². The van der Waals surface area contributed by atoms with E-state index in [-0.39, 0.29) is 17.3 Å². The van der Waals surface area contributed by atoms with Crippen molar-refractivity contribution in [2.24, 2.45) is 5.41 Å². The van der Waals surface area contributed by atoms with E-state index in [1.165, 1.54) is 18.2 Å². The predicted octanol–water partition coefficient (Wildman–Crippen LogP) is 4.88. The molecule has 0 atom stereocenters. The Labute approximate surface area is 131 Å². The summed E-state index contributed by atoms with van der Waals surface area (Å²) < 4.78 is 25.2. The van der Waals surface area contributed by atoms with Gasteiger partial charge in [0.05, 0.1) is 5.41 Å². The first-order valence-electron chi connectivity index (χ1n) is 7.97.